The number of fused-ring (bicyclic) bond motifs is 1. The van der Waals surface area contributed by atoms with E-state index in [4.69, 9.17) is 4.98 Å². The Morgan fingerprint density at radius 2 is 1.88 bits per heavy atom. The molecule has 140 valence electrons. The van der Waals surface area contributed by atoms with Gasteiger partial charge >= 0.3 is 0 Å². The molecular formula is C19H27FN6. The van der Waals surface area contributed by atoms with Crippen molar-refractivity contribution >= 4 is 23.3 Å². The van der Waals surface area contributed by atoms with Gasteiger partial charge in [0.05, 0.1) is 6.67 Å². The van der Waals surface area contributed by atoms with Crippen molar-refractivity contribution in [3.8, 4) is 0 Å². The van der Waals surface area contributed by atoms with Crippen molar-refractivity contribution in [1.29, 1.82) is 0 Å². The molecule has 2 heterocycles. The van der Waals surface area contributed by atoms with Crippen LogP contribution in [0.1, 0.15) is 33.3 Å². The molecule has 0 radical (unpaired) electrons. The minimum absolute atomic E-state index is 0.128. The zero-order chi connectivity index (χ0) is 18.9. The van der Waals surface area contributed by atoms with E-state index in [9.17, 15) is 4.39 Å². The molecule has 7 heteroatoms. The second-order valence-corrected chi connectivity index (χ2v) is 7.50. The van der Waals surface area contributed by atoms with Crippen molar-refractivity contribution in [3.63, 3.8) is 0 Å². The van der Waals surface area contributed by atoms with Gasteiger partial charge in [0.1, 0.15) is 17.5 Å². The van der Waals surface area contributed by atoms with Gasteiger partial charge in [-0.25, -0.2) is 4.39 Å². The summed E-state index contributed by atoms with van der Waals surface area (Å²) in [6.07, 6.45) is 0. The third-order valence-corrected chi connectivity index (χ3v) is 4.51. The summed E-state index contributed by atoms with van der Waals surface area (Å²) >= 11 is 0. The van der Waals surface area contributed by atoms with E-state index in [0.717, 1.165) is 29.4 Å². The van der Waals surface area contributed by atoms with Crippen LogP contribution in [0.25, 0.3) is 0 Å². The van der Waals surface area contributed by atoms with Crippen LogP contribution in [0, 0.1) is 5.82 Å². The average Bonchev–Trinajstić information content (AvgIpc) is 2.86. The predicted molar refractivity (Wildman–Crippen MR) is 105 cm³/mol. The molecule has 0 saturated heterocycles. The smallest absolute Gasteiger partial charge is 0.227 e. The van der Waals surface area contributed by atoms with Gasteiger partial charge in [-0.1, -0.05) is 13.8 Å². The number of halogens is 1. The van der Waals surface area contributed by atoms with Crippen LogP contribution < -0.4 is 20.9 Å². The summed E-state index contributed by atoms with van der Waals surface area (Å²) in [5, 5.41) is 9.73. The molecule has 0 amide bonds. The number of nitrogens with zero attached hydrogens (tertiary/aromatic N) is 3. The fraction of sp³-hybridized carbons (Fsp3) is 0.474. The Kier molecular flexibility index (Phi) is 5.00. The Morgan fingerprint density at radius 1 is 1.19 bits per heavy atom. The quantitative estimate of drug-likeness (QED) is 0.688. The Balaban J connectivity index is 2.00. The van der Waals surface area contributed by atoms with Crippen molar-refractivity contribution in [2.75, 3.05) is 35.8 Å². The van der Waals surface area contributed by atoms with Crippen LogP contribution in [0.3, 0.4) is 0 Å². The molecule has 1 aromatic heterocycles. The molecule has 1 aromatic carbocycles. The van der Waals surface area contributed by atoms with Crippen LogP contribution in [0.2, 0.25) is 0 Å². The third-order valence-electron chi connectivity index (χ3n) is 4.51. The highest BCUT2D eigenvalue weighted by Gasteiger charge is 2.40. The highest BCUT2D eigenvalue weighted by Crippen LogP contribution is 2.46. The van der Waals surface area contributed by atoms with Crippen molar-refractivity contribution < 1.29 is 4.39 Å². The zero-order valence-electron chi connectivity index (χ0n) is 16.0. The van der Waals surface area contributed by atoms with Gasteiger partial charge < -0.3 is 15.5 Å². The van der Waals surface area contributed by atoms with Crippen LogP contribution in [-0.4, -0.2) is 36.3 Å². The molecule has 3 rings (SSSR count). The highest BCUT2D eigenvalue weighted by molar-refractivity contribution is 5.75. The van der Waals surface area contributed by atoms with E-state index < -0.39 is 0 Å². The summed E-state index contributed by atoms with van der Waals surface area (Å²) < 4.78 is 13.3. The standard InChI is InChI=1S/C19H27FN6/c1-12(2)22-11-23-18-24-16(21-5)15-17(25-18)26(10-19(15,3)4)14-8-6-13(20)7-9-14/h6-9,12,22H,10-11H2,1-5H3,(H2,21,23,24,25). The number of benzene rings is 1. The molecule has 2 aromatic rings. The monoisotopic (exact) mass is 358 g/mol. The second-order valence-electron chi connectivity index (χ2n) is 7.50. The SMILES string of the molecule is CNc1nc(NCNC(C)C)nc2c1C(C)(C)CN2c1ccc(F)cc1. The zero-order valence-corrected chi connectivity index (χ0v) is 16.0. The number of aromatic nitrogens is 2. The van der Waals surface area contributed by atoms with E-state index in [1.165, 1.54) is 12.1 Å². The fourth-order valence-electron chi connectivity index (χ4n) is 3.25. The lowest BCUT2D eigenvalue weighted by molar-refractivity contribution is 0.569. The first kappa shape index (κ1) is 18.4. The van der Waals surface area contributed by atoms with Gasteiger partial charge in [0, 0.05) is 36.3 Å². The molecule has 0 atom stereocenters. The molecule has 26 heavy (non-hydrogen) atoms. The Labute approximate surface area is 154 Å². The number of hydrogen-bond acceptors (Lipinski definition) is 6. The van der Waals surface area contributed by atoms with Crippen molar-refractivity contribution in [2.45, 2.75) is 39.2 Å². The molecule has 0 unspecified atom stereocenters. The van der Waals surface area contributed by atoms with Crippen LogP contribution >= 0.6 is 0 Å². The van der Waals surface area contributed by atoms with E-state index >= 15 is 0 Å². The topological polar surface area (TPSA) is 65.1 Å². The summed E-state index contributed by atoms with van der Waals surface area (Å²) in [7, 11) is 1.87. The predicted octanol–water partition coefficient (Wildman–Crippen LogP) is 3.45. The van der Waals surface area contributed by atoms with Gasteiger partial charge in [0.25, 0.3) is 0 Å². The first-order valence-electron chi connectivity index (χ1n) is 8.92. The lowest BCUT2D eigenvalue weighted by atomic mass is 9.88. The van der Waals surface area contributed by atoms with Crippen LogP contribution in [0.15, 0.2) is 24.3 Å². The third kappa shape index (κ3) is 3.58. The molecule has 0 bridgehead atoms. The van der Waals surface area contributed by atoms with E-state index in [-0.39, 0.29) is 11.2 Å². The molecule has 3 N–H and O–H groups in total. The number of nitrogens with one attached hydrogen (secondary N) is 3. The average molecular weight is 358 g/mol. The van der Waals surface area contributed by atoms with E-state index in [1.54, 1.807) is 12.1 Å². The first-order valence-corrected chi connectivity index (χ1v) is 8.92. The maximum absolute atomic E-state index is 13.3. The lowest BCUT2D eigenvalue weighted by Crippen LogP contribution is -2.29. The van der Waals surface area contributed by atoms with Crippen molar-refractivity contribution in [2.24, 2.45) is 0 Å². The molecule has 0 spiro atoms. The maximum Gasteiger partial charge on any atom is 0.227 e. The van der Waals surface area contributed by atoms with Gasteiger partial charge in [0.15, 0.2) is 0 Å². The highest BCUT2D eigenvalue weighted by atomic mass is 19.1. The number of rotatable bonds is 6. The van der Waals surface area contributed by atoms with Crippen LogP contribution in [0.4, 0.5) is 27.7 Å². The van der Waals surface area contributed by atoms with Gasteiger partial charge in [-0.3, -0.25) is 5.32 Å². The van der Waals surface area contributed by atoms with E-state index in [0.29, 0.717) is 18.7 Å². The number of hydrogen-bond donors (Lipinski definition) is 3. The molecule has 1 aliphatic rings. The van der Waals surface area contributed by atoms with Gasteiger partial charge in [0.2, 0.25) is 5.95 Å². The minimum atomic E-state index is -0.242. The molecule has 1 aliphatic heterocycles. The summed E-state index contributed by atoms with van der Waals surface area (Å²) in [6.45, 7) is 9.86. The van der Waals surface area contributed by atoms with Gasteiger partial charge in [-0.05, 0) is 38.1 Å². The lowest BCUT2D eigenvalue weighted by Gasteiger charge is -2.21. The summed E-state index contributed by atoms with van der Waals surface area (Å²) in [5.41, 5.74) is 1.87. The van der Waals surface area contributed by atoms with Crippen LogP contribution in [-0.2, 0) is 5.41 Å². The Hall–Kier alpha value is -2.41. The largest absolute Gasteiger partial charge is 0.373 e. The molecular weight excluding hydrogens is 331 g/mol. The molecule has 0 aliphatic carbocycles. The Bertz CT molecular complexity index is 772. The van der Waals surface area contributed by atoms with E-state index in [2.05, 4.69) is 53.5 Å². The Morgan fingerprint density at radius 3 is 2.50 bits per heavy atom. The van der Waals surface area contributed by atoms with Gasteiger partial charge in [-0.15, -0.1) is 0 Å². The molecule has 0 saturated carbocycles. The van der Waals surface area contributed by atoms with Crippen LogP contribution in [0.5, 0.6) is 0 Å². The van der Waals surface area contributed by atoms with Gasteiger partial charge in [-0.2, -0.15) is 9.97 Å². The summed E-state index contributed by atoms with van der Waals surface area (Å²) in [5.74, 6) is 1.99. The maximum atomic E-state index is 13.3. The minimum Gasteiger partial charge on any atom is -0.373 e. The fourth-order valence-corrected chi connectivity index (χ4v) is 3.25. The normalized spacial score (nSPS) is 15.3. The summed E-state index contributed by atoms with van der Waals surface area (Å²) in [4.78, 5) is 11.5. The van der Waals surface area contributed by atoms with Crippen molar-refractivity contribution in [1.82, 2.24) is 15.3 Å². The second kappa shape index (κ2) is 7.07. The van der Waals surface area contributed by atoms with Crippen molar-refractivity contribution in [3.05, 3.63) is 35.6 Å². The van der Waals surface area contributed by atoms with E-state index in [1.807, 2.05) is 7.05 Å². The molecule has 6 nitrogen and oxygen atoms in total. The molecule has 0 fully saturated rings. The number of anilines is 4. The summed E-state index contributed by atoms with van der Waals surface area (Å²) in [6, 6.07) is 6.90. The first-order chi connectivity index (χ1) is 12.3.